The molecule has 11 nitrogen and oxygen atoms in total. The first-order valence-corrected chi connectivity index (χ1v) is 19.6. The number of likely N-dealkylation sites (N-methyl/N-ethyl adjacent to an activating group) is 1. The lowest BCUT2D eigenvalue weighted by Gasteiger charge is -2.57. The SMILES string of the molecule is CCC1=C(C)c2cc3[nH]c(cc4[nH]c(cc5nc6c(c1n2)C=C(C#N)C1N(C)c2ccc(C=O)cc2C5(CCC(=O)O)C61C)c(CCC(=O)O)c4C)c(C)c3CC. The number of aromatic nitrogens is 4. The number of anilines is 1. The average Bonchev–Trinajstić information content (AvgIpc) is 3.84. The number of nitrogens with one attached hydrogen (secondary N) is 2. The van der Waals surface area contributed by atoms with E-state index < -0.39 is 28.8 Å². The predicted octanol–water partition coefficient (Wildman–Crippen LogP) is 8.51. The summed E-state index contributed by atoms with van der Waals surface area (Å²) < 4.78 is 0. The Morgan fingerprint density at radius 1 is 0.930 bits per heavy atom. The molecule has 1 aromatic carbocycles. The van der Waals surface area contributed by atoms with Crippen LogP contribution in [-0.4, -0.2) is 61.5 Å². The van der Waals surface area contributed by atoms with E-state index in [2.05, 4.69) is 67.7 Å². The number of aliphatic carboxylic acids is 2. The summed E-state index contributed by atoms with van der Waals surface area (Å²) in [5.74, 6) is -1.91. The van der Waals surface area contributed by atoms with Gasteiger partial charge in [-0.25, -0.2) is 4.98 Å². The van der Waals surface area contributed by atoms with E-state index in [1.54, 1.807) is 6.07 Å². The predicted molar refractivity (Wildman–Crippen MR) is 221 cm³/mol. The summed E-state index contributed by atoms with van der Waals surface area (Å²) in [7, 11) is 1.94. The van der Waals surface area contributed by atoms with Crippen LogP contribution in [0, 0.1) is 25.2 Å². The number of benzene rings is 1. The first-order chi connectivity index (χ1) is 27.2. The van der Waals surface area contributed by atoms with Crippen molar-refractivity contribution >= 4 is 63.2 Å². The van der Waals surface area contributed by atoms with Gasteiger partial charge in [-0.15, -0.1) is 0 Å². The maximum atomic E-state index is 12.7. The van der Waals surface area contributed by atoms with Gasteiger partial charge in [-0.05, 0) is 128 Å². The fourth-order valence-electron chi connectivity index (χ4n) is 10.5. The van der Waals surface area contributed by atoms with Gasteiger partial charge in [-0.2, -0.15) is 5.26 Å². The van der Waals surface area contributed by atoms with Gasteiger partial charge in [0.2, 0.25) is 0 Å². The molecule has 3 unspecified atom stereocenters. The van der Waals surface area contributed by atoms with E-state index in [-0.39, 0.29) is 25.7 Å². The molecule has 290 valence electrons. The van der Waals surface area contributed by atoms with E-state index in [0.717, 1.165) is 79.7 Å². The van der Waals surface area contributed by atoms with Crippen molar-refractivity contribution in [1.29, 1.82) is 5.26 Å². The second-order valence-electron chi connectivity index (χ2n) is 16.0. The molecule has 4 aliphatic rings. The van der Waals surface area contributed by atoms with Gasteiger partial charge in [0, 0.05) is 58.8 Å². The largest absolute Gasteiger partial charge is 0.481 e. The monoisotopic (exact) mass is 762 g/mol. The molecule has 3 aromatic heterocycles. The topological polar surface area (TPSA) is 176 Å². The number of carboxylic acids is 2. The lowest BCUT2D eigenvalue weighted by atomic mass is 9.49. The van der Waals surface area contributed by atoms with Gasteiger partial charge in [0.15, 0.2) is 0 Å². The summed E-state index contributed by atoms with van der Waals surface area (Å²) in [6, 6.07) is 13.6. The Morgan fingerprint density at radius 2 is 1.61 bits per heavy atom. The van der Waals surface area contributed by atoms with Crippen LogP contribution in [0.4, 0.5) is 5.69 Å². The van der Waals surface area contributed by atoms with Crippen LogP contribution in [0.15, 0.2) is 42.0 Å². The molecule has 0 fully saturated rings. The van der Waals surface area contributed by atoms with Gasteiger partial charge in [0.25, 0.3) is 0 Å². The number of carboxylic acid groups (broad SMARTS) is 2. The molecule has 0 amide bonds. The van der Waals surface area contributed by atoms with Crippen molar-refractivity contribution in [3.05, 3.63) is 104 Å². The van der Waals surface area contributed by atoms with Gasteiger partial charge in [-0.1, -0.05) is 20.8 Å². The van der Waals surface area contributed by atoms with Crippen molar-refractivity contribution in [3.8, 4) is 6.07 Å². The molecule has 6 heterocycles. The van der Waals surface area contributed by atoms with Gasteiger partial charge in [-0.3, -0.25) is 19.4 Å². The Balaban J connectivity index is 1.66. The number of hydrogen-bond acceptors (Lipinski definition) is 7. The van der Waals surface area contributed by atoms with Gasteiger partial charge >= 0.3 is 11.9 Å². The number of fused-ring (bicyclic) bond motifs is 11. The number of allylic oxidation sites excluding steroid dienone is 2. The van der Waals surface area contributed by atoms with Crippen LogP contribution >= 0.6 is 0 Å². The molecule has 0 saturated carbocycles. The Morgan fingerprint density at radius 3 is 2.25 bits per heavy atom. The van der Waals surface area contributed by atoms with Crippen molar-refractivity contribution in [2.45, 2.75) is 96.9 Å². The highest BCUT2D eigenvalue weighted by Crippen LogP contribution is 2.65. The third-order valence-electron chi connectivity index (χ3n) is 13.3. The second kappa shape index (κ2) is 13.4. The zero-order valence-electron chi connectivity index (χ0n) is 33.3. The maximum Gasteiger partial charge on any atom is 0.303 e. The molecule has 0 saturated heterocycles. The lowest BCUT2D eigenvalue weighted by molar-refractivity contribution is -0.138. The molecule has 8 bridgehead atoms. The number of carbonyl (C=O) groups excluding carboxylic acids is 1. The van der Waals surface area contributed by atoms with Crippen LogP contribution in [0.5, 0.6) is 0 Å². The van der Waals surface area contributed by atoms with E-state index >= 15 is 0 Å². The summed E-state index contributed by atoms with van der Waals surface area (Å²) in [5.41, 5.74) is 13.2. The van der Waals surface area contributed by atoms with Crippen LogP contribution in [0.1, 0.15) is 120 Å². The van der Waals surface area contributed by atoms with E-state index in [9.17, 15) is 29.9 Å². The fourth-order valence-corrected chi connectivity index (χ4v) is 10.5. The van der Waals surface area contributed by atoms with E-state index in [0.29, 0.717) is 40.0 Å². The molecule has 11 heteroatoms. The number of carbonyl (C=O) groups is 3. The molecule has 1 aliphatic carbocycles. The van der Waals surface area contributed by atoms with Gasteiger partial charge in [0.05, 0.1) is 51.3 Å². The van der Waals surface area contributed by atoms with Crippen LogP contribution in [0.2, 0.25) is 0 Å². The third-order valence-corrected chi connectivity index (χ3v) is 13.3. The van der Waals surface area contributed by atoms with Gasteiger partial charge < -0.3 is 25.1 Å². The summed E-state index contributed by atoms with van der Waals surface area (Å²) in [5, 5.41) is 31.3. The van der Waals surface area contributed by atoms with Crippen LogP contribution in [0.3, 0.4) is 0 Å². The van der Waals surface area contributed by atoms with Crippen molar-refractivity contribution < 1.29 is 24.6 Å². The molecule has 3 aliphatic heterocycles. The zero-order chi connectivity index (χ0) is 40.7. The van der Waals surface area contributed by atoms with Crippen molar-refractivity contribution in [2.75, 3.05) is 11.9 Å². The standard InChI is InChI=1S/C46H46N6O5/c1-8-28-23(3)33-18-34-25(5)30(11-13-40(54)55)37(49-34)20-39-46(15-14-41(56)57)32-16-26(22-53)10-12-38(32)52(7)44-27(21-47)17-31(43(51-39)45(44,46)6)42-29(9-2)24(4)35(50-42)19-36(28)48-33/h10,12,16-20,22,44,48-49H,8-9,11,13-15H2,1-7H3,(H,54,55)(H,56,57). The molecule has 3 atom stereocenters. The highest BCUT2D eigenvalue weighted by molar-refractivity contribution is 5.96. The number of nitriles is 1. The van der Waals surface area contributed by atoms with Crippen molar-refractivity contribution in [3.63, 3.8) is 0 Å². The number of rotatable bonds is 9. The quantitative estimate of drug-likeness (QED) is 0.122. The Kier molecular flexibility index (Phi) is 8.87. The van der Waals surface area contributed by atoms with E-state index in [1.165, 1.54) is 5.56 Å². The number of aldehydes is 1. The molecule has 4 aromatic rings. The molecule has 0 radical (unpaired) electrons. The van der Waals surface area contributed by atoms with Crippen molar-refractivity contribution in [2.24, 2.45) is 0 Å². The molecule has 57 heavy (non-hydrogen) atoms. The fraction of sp³-hybridized carbons (Fsp3) is 0.348. The summed E-state index contributed by atoms with van der Waals surface area (Å²) in [6.07, 6.45) is 4.23. The van der Waals surface area contributed by atoms with Crippen molar-refractivity contribution in [1.82, 2.24) is 19.9 Å². The molecule has 0 spiro atoms. The minimum Gasteiger partial charge on any atom is -0.481 e. The normalized spacial score (nSPS) is 20.6. The highest BCUT2D eigenvalue weighted by atomic mass is 16.4. The number of aryl methyl sites for hydroxylation is 4. The average molecular weight is 763 g/mol. The number of aromatic amines is 2. The third kappa shape index (κ3) is 5.26. The Bertz CT molecular complexity index is 2740. The maximum absolute atomic E-state index is 12.7. The van der Waals surface area contributed by atoms with Crippen LogP contribution in [-0.2, 0) is 33.3 Å². The Labute approximate surface area is 330 Å². The highest BCUT2D eigenvalue weighted by Gasteiger charge is 2.67. The zero-order valence-corrected chi connectivity index (χ0v) is 33.3. The molecule has 4 N–H and O–H groups in total. The number of H-pyrrole nitrogens is 2. The van der Waals surface area contributed by atoms with Crippen LogP contribution in [0.25, 0.3) is 39.3 Å². The minimum atomic E-state index is -1.15. The molecule has 8 rings (SSSR count). The lowest BCUT2D eigenvalue weighted by Crippen LogP contribution is -2.63. The second-order valence-corrected chi connectivity index (χ2v) is 16.0. The summed E-state index contributed by atoms with van der Waals surface area (Å²) in [4.78, 5) is 57.5. The minimum absolute atomic E-state index is 0.0962. The summed E-state index contributed by atoms with van der Waals surface area (Å²) >= 11 is 0. The first-order valence-electron chi connectivity index (χ1n) is 19.6. The molecular formula is C46H46N6O5. The number of hydrogen-bond donors (Lipinski definition) is 4. The first kappa shape index (κ1) is 37.6. The van der Waals surface area contributed by atoms with Gasteiger partial charge in [0.1, 0.15) is 6.29 Å². The van der Waals surface area contributed by atoms with E-state index in [4.69, 9.17) is 9.97 Å². The smallest absolute Gasteiger partial charge is 0.303 e. The van der Waals surface area contributed by atoms with E-state index in [1.807, 2.05) is 38.2 Å². The van der Waals surface area contributed by atoms with Crippen LogP contribution < -0.4 is 4.90 Å². The molecular weight excluding hydrogens is 717 g/mol. The number of nitrogens with zero attached hydrogens (tertiary/aromatic N) is 4. The Hall–Kier alpha value is -6.28. The summed E-state index contributed by atoms with van der Waals surface area (Å²) in [6.45, 7) is 12.5.